The molecule has 1 saturated heterocycles. The van der Waals surface area contributed by atoms with Crippen LogP contribution in [0.25, 0.3) is 0 Å². The quantitative estimate of drug-likeness (QED) is 0.814. The van der Waals surface area contributed by atoms with Gasteiger partial charge in [-0.1, -0.05) is 19.8 Å². The van der Waals surface area contributed by atoms with E-state index in [1.165, 1.54) is 38.5 Å². The van der Waals surface area contributed by atoms with Crippen LogP contribution in [-0.4, -0.2) is 50.3 Å². The summed E-state index contributed by atoms with van der Waals surface area (Å²) < 4.78 is 5.79. The third-order valence-corrected chi connectivity index (χ3v) is 4.52. The highest BCUT2D eigenvalue weighted by Crippen LogP contribution is 2.27. The van der Waals surface area contributed by atoms with Crippen LogP contribution in [0.1, 0.15) is 45.4 Å². The molecule has 1 aliphatic heterocycles. The number of ether oxygens (including phenoxy) is 1. The van der Waals surface area contributed by atoms with Gasteiger partial charge in [-0.2, -0.15) is 0 Å². The van der Waals surface area contributed by atoms with Crippen LogP contribution in [0.2, 0.25) is 0 Å². The maximum Gasteiger partial charge on any atom is 0.0826 e. The van der Waals surface area contributed by atoms with Crippen LogP contribution in [0.4, 0.5) is 0 Å². The molecule has 1 saturated carbocycles. The fourth-order valence-electron chi connectivity index (χ4n) is 3.35. The molecule has 0 aromatic rings. The molecule has 2 fully saturated rings. The summed E-state index contributed by atoms with van der Waals surface area (Å²) in [6.07, 6.45) is 8.78. The maximum atomic E-state index is 5.79. The largest absolute Gasteiger partial charge is 0.374 e. The monoisotopic (exact) mass is 254 g/mol. The Hall–Kier alpha value is -0.120. The molecule has 1 unspecified atom stereocenters. The predicted molar refractivity (Wildman–Crippen MR) is 75.9 cm³/mol. The lowest BCUT2D eigenvalue weighted by Gasteiger charge is -2.33. The van der Waals surface area contributed by atoms with E-state index < -0.39 is 0 Å². The second-order valence-electron chi connectivity index (χ2n) is 6.17. The van der Waals surface area contributed by atoms with Crippen molar-refractivity contribution in [2.24, 2.45) is 5.92 Å². The van der Waals surface area contributed by atoms with E-state index in [9.17, 15) is 0 Å². The van der Waals surface area contributed by atoms with Gasteiger partial charge in [0.2, 0.25) is 0 Å². The zero-order chi connectivity index (χ0) is 12.8. The number of nitrogens with zero attached hydrogens (tertiary/aromatic N) is 1. The van der Waals surface area contributed by atoms with E-state index in [1.807, 2.05) is 0 Å². The van der Waals surface area contributed by atoms with Crippen molar-refractivity contribution in [1.29, 1.82) is 0 Å². The summed E-state index contributed by atoms with van der Waals surface area (Å²) in [5.41, 5.74) is 0. The highest BCUT2D eigenvalue weighted by molar-refractivity contribution is 4.79. The highest BCUT2D eigenvalue weighted by Gasteiger charge is 2.22. The topological polar surface area (TPSA) is 24.5 Å². The summed E-state index contributed by atoms with van der Waals surface area (Å²) in [6.45, 7) is 6.40. The number of nitrogens with one attached hydrogen (secondary N) is 1. The molecule has 18 heavy (non-hydrogen) atoms. The number of hydrogen-bond acceptors (Lipinski definition) is 3. The number of rotatable bonds is 5. The van der Waals surface area contributed by atoms with Crippen LogP contribution >= 0.6 is 0 Å². The van der Waals surface area contributed by atoms with E-state index in [1.54, 1.807) is 0 Å². The lowest BCUT2D eigenvalue weighted by molar-refractivity contribution is -0.0199. The van der Waals surface area contributed by atoms with Crippen LogP contribution < -0.4 is 5.32 Å². The van der Waals surface area contributed by atoms with E-state index in [2.05, 4.69) is 24.2 Å². The predicted octanol–water partition coefficient (Wildman–Crippen LogP) is 2.27. The first-order valence-corrected chi connectivity index (χ1v) is 7.81. The Bertz CT molecular complexity index is 227. The van der Waals surface area contributed by atoms with Crippen molar-refractivity contribution in [3.8, 4) is 0 Å². The van der Waals surface area contributed by atoms with Crippen LogP contribution in [-0.2, 0) is 4.74 Å². The van der Waals surface area contributed by atoms with Crippen LogP contribution in [0, 0.1) is 5.92 Å². The lowest BCUT2D eigenvalue weighted by Crippen LogP contribution is -2.47. The van der Waals surface area contributed by atoms with Gasteiger partial charge in [-0.15, -0.1) is 0 Å². The van der Waals surface area contributed by atoms with Gasteiger partial charge in [-0.05, 0) is 38.6 Å². The van der Waals surface area contributed by atoms with Gasteiger partial charge in [0.25, 0.3) is 0 Å². The third kappa shape index (κ3) is 4.52. The first-order valence-electron chi connectivity index (χ1n) is 7.81. The Morgan fingerprint density at radius 2 is 2.00 bits per heavy atom. The molecule has 3 nitrogen and oxygen atoms in total. The first kappa shape index (κ1) is 14.3. The lowest BCUT2D eigenvalue weighted by atomic mass is 9.83. The van der Waals surface area contributed by atoms with Gasteiger partial charge in [-0.3, -0.25) is 0 Å². The normalized spacial score (nSPS) is 34.7. The van der Waals surface area contributed by atoms with E-state index in [4.69, 9.17) is 4.74 Å². The molecular formula is C15H30N2O. The average Bonchev–Trinajstić information content (AvgIpc) is 2.38. The van der Waals surface area contributed by atoms with Gasteiger partial charge >= 0.3 is 0 Å². The Morgan fingerprint density at radius 1 is 1.22 bits per heavy atom. The molecule has 0 spiro atoms. The summed E-state index contributed by atoms with van der Waals surface area (Å²) in [4.78, 5) is 2.37. The Balaban J connectivity index is 1.60. The van der Waals surface area contributed by atoms with Crippen molar-refractivity contribution >= 4 is 0 Å². The van der Waals surface area contributed by atoms with Crippen molar-refractivity contribution in [1.82, 2.24) is 10.2 Å². The summed E-state index contributed by atoms with van der Waals surface area (Å²) in [5, 5.41) is 3.72. The zero-order valence-corrected chi connectivity index (χ0v) is 12.2. The van der Waals surface area contributed by atoms with Crippen molar-refractivity contribution in [2.45, 2.75) is 57.6 Å². The third-order valence-electron chi connectivity index (χ3n) is 4.52. The van der Waals surface area contributed by atoms with Gasteiger partial charge in [-0.25, -0.2) is 0 Å². The standard InChI is InChI=1S/C15H30N2O/c1-3-4-13-5-7-14(8-6-13)16-11-15-12-17(2)9-10-18-15/h13-16H,3-12H2,1-2H3. The van der Waals surface area contributed by atoms with Crippen LogP contribution in [0.15, 0.2) is 0 Å². The fourth-order valence-corrected chi connectivity index (χ4v) is 3.35. The minimum absolute atomic E-state index is 0.400. The second kappa shape index (κ2) is 7.46. The van der Waals surface area contributed by atoms with Gasteiger partial charge in [0.1, 0.15) is 0 Å². The summed E-state index contributed by atoms with van der Waals surface area (Å²) in [7, 11) is 2.19. The summed E-state index contributed by atoms with van der Waals surface area (Å²) in [5.74, 6) is 1.00. The molecule has 1 N–H and O–H groups in total. The molecule has 2 aliphatic rings. The Labute approximate surface area is 112 Å². The molecule has 1 atom stereocenters. The molecule has 1 heterocycles. The van der Waals surface area contributed by atoms with Crippen molar-refractivity contribution in [3.63, 3.8) is 0 Å². The number of hydrogen-bond donors (Lipinski definition) is 1. The van der Waals surface area contributed by atoms with Crippen molar-refractivity contribution < 1.29 is 4.74 Å². The zero-order valence-electron chi connectivity index (χ0n) is 12.2. The first-order chi connectivity index (χ1) is 8.78. The average molecular weight is 254 g/mol. The van der Waals surface area contributed by atoms with Gasteiger partial charge < -0.3 is 15.0 Å². The van der Waals surface area contributed by atoms with Crippen LogP contribution in [0.5, 0.6) is 0 Å². The molecule has 1 aliphatic carbocycles. The molecule has 106 valence electrons. The van der Waals surface area contributed by atoms with E-state index >= 15 is 0 Å². The van der Waals surface area contributed by atoms with Gasteiger partial charge in [0.15, 0.2) is 0 Å². The SMILES string of the molecule is CCCC1CCC(NCC2CN(C)CCO2)CC1. The number of likely N-dealkylation sites (N-methyl/N-ethyl adjacent to an activating group) is 1. The maximum absolute atomic E-state index is 5.79. The Kier molecular flexibility index (Phi) is 5.93. The molecular weight excluding hydrogens is 224 g/mol. The molecule has 0 aromatic heterocycles. The molecule has 0 amide bonds. The second-order valence-corrected chi connectivity index (χ2v) is 6.17. The summed E-state index contributed by atoms with van der Waals surface area (Å²) >= 11 is 0. The molecule has 2 rings (SSSR count). The van der Waals surface area contributed by atoms with Gasteiger partial charge in [0, 0.05) is 25.7 Å². The number of morpholine rings is 1. The fraction of sp³-hybridized carbons (Fsp3) is 1.00. The molecule has 0 radical (unpaired) electrons. The van der Waals surface area contributed by atoms with Crippen LogP contribution in [0.3, 0.4) is 0 Å². The highest BCUT2D eigenvalue weighted by atomic mass is 16.5. The van der Waals surface area contributed by atoms with Gasteiger partial charge in [0.05, 0.1) is 12.7 Å². The molecule has 0 bridgehead atoms. The van der Waals surface area contributed by atoms with E-state index in [0.717, 1.165) is 38.2 Å². The minimum Gasteiger partial charge on any atom is -0.374 e. The smallest absolute Gasteiger partial charge is 0.0826 e. The minimum atomic E-state index is 0.400. The van der Waals surface area contributed by atoms with Crippen molar-refractivity contribution in [3.05, 3.63) is 0 Å². The molecule has 3 heteroatoms. The molecule has 0 aromatic carbocycles. The van der Waals surface area contributed by atoms with Crippen molar-refractivity contribution in [2.75, 3.05) is 33.3 Å². The Morgan fingerprint density at radius 3 is 2.67 bits per heavy atom. The van der Waals surface area contributed by atoms with E-state index in [0.29, 0.717) is 6.10 Å². The van der Waals surface area contributed by atoms with E-state index in [-0.39, 0.29) is 0 Å². The summed E-state index contributed by atoms with van der Waals surface area (Å²) in [6, 6.07) is 0.744.